The fourth-order valence-electron chi connectivity index (χ4n) is 2.64. The first kappa shape index (κ1) is 14.2. The smallest absolute Gasteiger partial charge is 0.249 e. The summed E-state index contributed by atoms with van der Waals surface area (Å²) in [5, 5.41) is 5.84. The van der Waals surface area contributed by atoms with Gasteiger partial charge in [-0.3, -0.25) is 9.69 Å². The molecule has 1 aliphatic rings. The van der Waals surface area contributed by atoms with Crippen LogP contribution in [0.1, 0.15) is 45.7 Å². The van der Waals surface area contributed by atoms with Gasteiger partial charge in [0.2, 0.25) is 11.8 Å². The van der Waals surface area contributed by atoms with Crippen LogP contribution in [0.15, 0.2) is 16.0 Å². The SMILES string of the molecule is Cc1nc(C2CCN(Cc3cc(C(N)=O)cs3)CC2)no1. The normalized spacial score (nSPS) is 17.2. The number of rotatable bonds is 4. The lowest BCUT2D eigenvalue weighted by atomic mass is 9.96. The Balaban J connectivity index is 1.54. The van der Waals surface area contributed by atoms with Crippen molar-refractivity contribution in [1.82, 2.24) is 15.0 Å². The van der Waals surface area contributed by atoms with E-state index >= 15 is 0 Å². The van der Waals surface area contributed by atoms with Crippen LogP contribution < -0.4 is 5.73 Å². The summed E-state index contributed by atoms with van der Waals surface area (Å²) < 4.78 is 5.05. The lowest BCUT2D eigenvalue weighted by molar-refractivity contribution is 0.100. The molecule has 112 valence electrons. The molecule has 3 heterocycles. The molecule has 0 saturated carbocycles. The van der Waals surface area contributed by atoms with Crippen LogP contribution in [0.3, 0.4) is 0 Å². The molecule has 3 rings (SSSR count). The second kappa shape index (κ2) is 5.95. The first-order valence-electron chi connectivity index (χ1n) is 7.01. The first-order chi connectivity index (χ1) is 10.1. The quantitative estimate of drug-likeness (QED) is 0.932. The minimum atomic E-state index is -0.358. The molecular formula is C14H18N4O2S. The number of nitrogens with zero attached hydrogens (tertiary/aromatic N) is 3. The van der Waals surface area contributed by atoms with E-state index in [1.54, 1.807) is 11.3 Å². The average Bonchev–Trinajstić information content (AvgIpc) is 3.09. The van der Waals surface area contributed by atoms with Gasteiger partial charge in [0.1, 0.15) is 0 Å². The van der Waals surface area contributed by atoms with Gasteiger partial charge in [-0.1, -0.05) is 5.16 Å². The van der Waals surface area contributed by atoms with Gasteiger partial charge in [0, 0.05) is 29.6 Å². The molecule has 0 spiro atoms. The van der Waals surface area contributed by atoms with Gasteiger partial charge in [-0.25, -0.2) is 0 Å². The largest absolute Gasteiger partial charge is 0.366 e. The third-order valence-corrected chi connectivity index (χ3v) is 4.74. The molecule has 2 aromatic heterocycles. The van der Waals surface area contributed by atoms with Gasteiger partial charge in [-0.05, 0) is 32.0 Å². The topological polar surface area (TPSA) is 85.3 Å². The molecule has 1 amide bonds. The molecule has 0 bridgehead atoms. The maximum atomic E-state index is 11.1. The van der Waals surface area contributed by atoms with Crippen molar-refractivity contribution in [1.29, 1.82) is 0 Å². The van der Waals surface area contributed by atoms with Crippen LogP contribution in [-0.4, -0.2) is 34.0 Å². The maximum absolute atomic E-state index is 11.1. The number of thiophene rings is 1. The Morgan fingerprint density at radius 3 is 2.86 bits per heavy atom. The zero-order valence-corrected chi connectivity index (χ0v) is 12.7. The highest BCUT2D eigenvalue weighted by atomic mass is 32.1. The van der Waals surface area contributed by atoms with Gasteiger partial charge in [0.05, 0.1) is 5.56 Å². The molecule has 21 heavy (non-hydrogen) atoms. The monoisotopic (exact) mass is 306 g/mol. The predicted octanol–water partition coefficient (Wildman–Crippen LogP) is 1.92. The Morgan fingerprint density at radius 1 is 1.52 bits per heavy atom. The summed E-state index contributed by atoms with van der Waals surface area (Å²) in [6.07, 6.45) is 2.07. The van der Waals surface area contributed by atoms with Crippen LogP contribution in [0.4, 0.5) is 0 Å². The highest BCUT2D eigenvalue weighted by Gasteiger charge is 2.24. The number of piperidine rings is 1. The Hall–Kier alpha value is -1.73. The van der Waals surface area contributed by atoms with Gasteiger partial charge in [-0.15, -0.1) is 11.3 Å². The lowest BCUT2D eigenvalue weighted by Crippen LogP contribution is -2.32. The number of hydrogen-bond donors (Lipinski definition) is 1. The van der Waals surface area contributed by atoms with E-state index in [0.29, 0.717) is 17.4 Å². The Labute approximate surface area is 126 Å². The first-order valence-corrected chi connectivity index (χ1v) is 7.89. The van der Waals surface area contributed by atoms with E-state index in [9.17, 15) is 4.79 Å². The van der Waals surface area contributed by atoms with E-state index in [0.717, 1.165) is 38.3 Å². The van der Waals surface area contributed by atoms with Gasteiger partial charge in [0.25, 0.3) is 0 Å². The fraction of sp³-hybridized carbons (Fsp3) is 0.500. The minimum absolute atomic E-state index is 0.358. The summed E-state index contributed by atoms with van der Waals surface area (Å²) in [6.45, 7) is 4.69. The molecule has 1 aliphatic heterocycles. The van der Waals surface area contributed by atoms with Gasteiger partial charge in [-0.2, -0.15) is 4.98 Å². The molecule has 0 aromatic carbocycles. The van der Waals surface area contributed by atoms with Crippen molar-refractivity contribution in [3.8, 4) is 0 Å². The number of aromatic nitrogens is 2. The summed E-state index contributed by atoms with van der Waals surface area (Å²) in [6, 6.07) is 1.89. The predicted molar refractivity (Wildman–Crippen MR) is 79.1 cm³/mol. The van der Waals surface area contributed by atoms with Crippen molar-refractivity contribution in [2.45, 2.75) is 32.2 Å². The summed E-state index contributed by atoms with van der Waals surface area (Å²) in [4.78, 5) is 19.0. The van der Waals surface area contributed by atoms with Crippen molar-refractivity contribution in [3.63, 3.8) is 0 Å². The molecule has 1 fully saturated rings. The van der Waals surface area contributed by atoms with Crippen LogP contribution in [-0.2, 0) is 6.54 Å². The number of hydrogen-bond acceptors (Lipinski definition) is 6. The molecule has 0 radical (unpaired) electrons. The second-order valence-corrected chi connectivity index (χ2v) is 6.38. The van der Waals surface area contributed by atoms with E-state index in [-0.39, 0.29) is 5.91 Å². The zero-order valence-electron chi connectivity index (χ0n) is 11.9. The van der Waals surface area contributed by atoms with Crippen molar-refractivity contribution in [2.24, 2.45) is 5.73 Å². The Kier molecular flexibility index (Phi) is 4.03. The highest BCUT2D eigenvalue weighted by Crippen LogP contribution is 2.27. The highest BCUT2D eigenvalue weighted by molar-refractivity contribution is 7.10. The summed E-state index contributed by atoms with van der Waals surface area (Å²) in [5.41, 5.74) is 5.88. The standard InChI is InChI=1S/C14H18N4O2S/c1-9-16-14(17-20-9)10-2-4-18(5-3-10)7-12-6-11(8-21-12)13(15)19/h6,8,10H,2-5,7H2,1H3,(H2,15,19). The average molecular weight is 306 g/mol. The third-order valence-electron chi connectivity index (χ3n) is 3.81. The lowest BCUT2D eigenvalue weighted by Gasteiger charge is -2.30. The number of aryl methyl sites for hydroxylation is 1. The minimum Gasteiger partial charge on any atom is -0.366 e. The number of likely N-dealkylation sites (tertiary alicyclic amines) is 1. The summed E-state index contributed by atoms with van der Waals surface area (Å²) in [5.74, 6) is 1.50. The van der Waals surface area contributed by atoms with E-state index in [2.05, 4.69) is 15.0 Å². The maximum Gasteiger partial charge on any atom is 0.249 e. The molecule has 0 unspecified atom stereocenters. The van der Waals surface area contributed by atoms with Gasteiger partial charge < -0.3 is 10.3 Å². The molecular weight excluding hydrogens is 288 g/mol. The molecule has 2 aromatic rings. The third kappa shape index (κ3) is 3.30. The number of primary amides is 1. The van der Waals surface area contributed by atoms with E-state index in [1.165, 1.54) is 4.88 Å². The van der Waals surface area contributed by atoms with Crippen LogP contribution in [0.25, 0.3) is 0 Å². The molecule has 0 atom stereocenters. The van der Waals surface area contributed by atoms with E-state index in [4.69, 9.17) is 10.3 Å². The van der Waals surface area contributed by atoms with Crippen LogP contribution in [0.2, 0.25) is 0 Å². The van der Waals surface area contributed by atoms with E-state index in [1.807, 2.05) is 18.4 Å². The Morgan fingerprint density at radius 2 is 2.29 bits per heavy atom. The van der Waals surface area contributed by atoms with Crippen molar-refractivity contribution in [2.75, 3.05) is 13.1 Å². The molecule has 2 N–H and O–H groups in total. The number of carbonyl (C=O) groups excluding carboxylic acids is 1. The summed E-state index contributed by atoms with van der Waals surface area (Å²) >= 11 is 1.59. The molecule has 0 aliphatic carbocycles. The van der Waals surface area contributed by atoms with Crippen molar-refractivity contribution < 1.29 is 9.32 Å². The Bertz CT molecular complexity index is 628. The number of nitrogens with two attached hydrogens (primary N) is 1. The molecule has 7 heteroatoms. The van der Waals surface area contributed by atoms with Crippen LogP contribution in [0.5, 0.6) is 0 Å². The van der Waals surface area contributed by atoms with Crippen molar-refractivity contribution >= 4 is 17.2 Å². The summed E-state index contributed by atoms with van der Waals surface area (Å²) in [7, 11) is 0. The van der Waals surface area contributed by atoms with E-state index < -0.39 is 0 Å². The van der Waals surface area contributed by atoms with Crippen LogP contribution >= 0.6 is 11.3 Å². The molecule has 6 nitrogen and oxygen atoms in total. The number of carbonyl (C=O) groups is 1. The number of amides is 1. The second-order valence-electron chi connectivity index (χ2n) is 5.39. The van der Waals surface area contributed by atoms with Crippen molar-refractivity contribution in [3.05, 3.63) is 33.6 Å². The molecule has 1 saturated heterocycles. The zero-order chi connectivity index (χ0) is 14.8. The fourth-order valence-corrected chi connectivity index (χ4v) is 3.56. The van der Waals surface area contributed by atoms with Gasteiger partial charge in [0.15, 0.2) is 5.82 Å². The van der Waals surface area contributed by atoms with Crippen LogP contribution in [0, 0.1) is 6.92 Å². The van der Waals surface area contributed by atoms with Gasteiger partial charge >= 0.3 is 0 Å².